The van der Waals surface area contributed by atoms with E-state index in [2.05, 4.69) is 9.88 Å². The summed E-state index contributed by atoms with van der Waals surface area (Å²) in [5.74, 6) is 0.714. The lowest BCUT2D eigenvalue weighted by atomic mass is 9.86. The van der Waals surface area contributed by atoms with Crippen molar-refractivity contribution in [2.45, 2.75) is 18.9 Å². The van der Waals surface area contributed by atoms with Crippen molar-refractivity contribution in [2.24, 2.45) is 5.92 Å². The van der Waals surface area contributed by atoms with Gasteiger partial charge < -0.3 is 9.15 Å². The van der Waals surface area contributed by atoms with E-state index in [4.69, 9.17) is 9.15 Å². The Morgan fingerprint density at radius 2 is 2.26 bits per heavy atom. The minimum atomic E-state index is 0.325. The first-order valence-corrected chi connectivity index (χ1v) is 7.57. The maximum atomic E-state index is 6.10. The molecule has 5 heterocycles. The summed E-state index contributed by atoms with van der Waals surface area (Å²) in [5.41, 5.74) is 1.07. The Morgan fingerprint density at radius 3 is 2.95 bits per heavy atom. The molecule has 0 N–H and O–H groups in total. The second-order valence-corrected chi connectivity index (χ2v) is 6.29. The van der Waals surface area contributed by atoms with Crippen molar-refractivity contribution >= 4 is 11.3 Å². The van der Waals surface area contributed by atoms with Gasteiger partial charge in [-0.1, -0.05) is 11.3 Å². The quantitative estimate of drug-likeness (QED) is 0.864. The zero-order valence-corrected chi connectivity index (χ0v) is 11.4. The van der Waals surface area contributed by atoms with Crippen LogP contribution in [0.25, 0.3) is 10.4 Å². The van der Waals surface area contributed by atoms with Gasteiger partial charge >= 0.3 is 0 Å². The number of aromatic nitrogens is 1. The molecular formula is C14H16N2O2S. The summed E-state index contributed by atoms with van der Waals surface area (Å²) in [7, 11) is 0. The number of hydrogen-bond acceptors (Lipinski definition) is 5. The molecule has 2 bridgehead atoms. The average molecular weight is 276 g/mol. The fourth-order valence-electron chi connectivity index (χ4n) is 3.02. The number of ether oxygens (including phenoxy) is 1. The van der Waals surface area contributed by atoms with Crippen LogP contribution in [0, 0.1) is 5.92 Å². The highest BCUT2D eigenvalue weighted by Crippen LogP contribution is 2.35. The SMILES string of the molecule is c1cc(-c2cnc(OC3CN4CCC3CC4)s2)co1. The molecule has 0 saturated carbocycles. The third-order valence-corrected chi connectivity index (χ3v) is 5.08. The van der Waals surface area contributed by atoms with Gasteiger partial charge in [0, 0.05) is 18.3 Å². The molecule has 0 aromatic carbocycles. The summed E-state index contributed by atoms with van der Waals surface area (Å²) < 4.78 is 11.2. The molecule has 100 valence electrons. The van der Waals surface area contributed by atoms with Gasteiger partial charge in [-0.2, -0.15) is 0 Å². The molecule has 4 nitrogen and oxygen atoms in total. The minimum Gasteiger partial charge on any atom is -0.472 e. The number of hydrogen-bond donors (Lipinski definition) is 0. The maximum Gasteiger partial charge on any atom is 0.274 e. The topological polar surface area (TPSA) is 38.5 Å². The van der Waals surface area contributed by atoms with Crippen LogP contribution in [0.3, 0.4) is 0 Å². The van der Waals surface area contributed by atoms with Gasteiger partial charge in [0.1, 0.15) is 6.10 Å². The van der Waals surface area contributed by atoms with Crippen LogP contribution < -0.4 is 4.74 Å². The van der Waals surface area contributed by atoms with Gasteiger partial charge in [-0.05, 0) is 37.9 Å². The van der Waals surface area contributed by atoms with E-state index in [1.807, 2.05) is 12.3 Å². The summed E-state index contributed by atoms with van der Waals surface area (Å²) >= 11 is 1.60. The molecule has 5 rings (SSSR count). The first kappa shape index (κ1) is 11.5. The van der Waals surface area contributed by atoms with Crippen molar-refractivity contribution in [1.82, 2.24) is 9.88 Å². The van der Waals surface area contributed by atoms with Gasteiger partial charge in [0.15, 0.2) is 0 Å². The van der Waals surface area contributed by atoms with Crippen molar-refractivity contribution in [3.8, 4) is 15.6 Å². The van der Waals surface area contributed by atoms with Crippen molar-refractivity contribution in [3.63, 3.8) is 0 Å². The van der Waals surface area contributed by atoms with Crippen LogP contribution in [0.5, 0.6) is 5.19 Å². The molecule has 5 heteroatoms. The standard InChI is InChI=1S/C14H16N2O2S/c1-4-16-5-2-10(1)12(8-16)18-14-15-7-13(19-14)11-3-6-17-9-11/h3,6-7,9-10,12H,1-2,4-5,8H2. The normalized spacial score (nSPS) is 29.6. The first-order chi connectivity index (χ1) is 9.38. The Hall–Kier alpha value is -1.33. The van der Waals surface area contributed by atoms with Gasteiger partial charge in [-0.15, -0.1) is 0 Å². The maximum absolute atomic E-state index is 6.10. The highest BCUT2D eigenvalue weighted by atomic mass is 32.1. The Labute approximate surface area is 116 Å². The first-order valence-electron chi connectivity index (χ1n) is 6.76. The largest absolute Gasteiger partial charge is 0.472 e. The smallest absolute Gasteiger partial charge is 0.274 e. The molecule has 3 aliphatic rings. The highest BCUT2D eigenvalue weighted by molar-refractivity contribution is 7.16. The third-order valence-electron chi connectivity index (χ3n) is 4.14. The molecule has 0 spiro atoms. The highest BCUT2D eigenvalue weighted by Gasteiger charge is 2.35. The predicted octanol–water partition coefficient (Wildman–Crippen LogP) is 2.88. The Balaban J connectivity index is 1.48. The molecule has 3 aliphatic heterocycles. The second kappa shape index (κ2) is 4.65. The summed E-state index contributed by atoms with van der Waals surface area (Å²) in [6.45, 7) is 3.54. The number of nitrogens with zero attached hydrogens (tertiary/aromatic N) is 2. The van der Waals surface area contributed by atoms with Crippen LogP contribution in [0.1, 0.15) is 12.8 Å². The third kappa shape index (κ3) is 2.17. The van der Waals surface area contributed by atoms with Gasteiger partial charge in [0.25, 0.3) is 5.19 Å². The van der Waals surface area contributed by atoms with Gasteiger partial charge in [-0.3, -0.25) is 4.90 Å². The number of rotatable bonds is 3. The molecule has 1 unspecified atom stereocenters. The number of thiazole rings is 1. The van der Waals surface area contributed by atoms with Gasteiger partial charge in [0.2, 0.25) is 0 Å². The summed E-state index contributed by atoms with van der Waals surface area (Å²) in [6, 6.07) is 1.95. The van der Waals surface area contributed by atoms with E-state index in [1.54, 1.807) is 23.9 Å². The molecule has 2 aromatic rings. The van der Waals surface area contributed by atoms with Crippen LogP contribution in [-0.2, 0) is 0 Å². The molecule has 19 heavy (non-hydrogen) atoms. The molecule has 3 fully saturated rings. The van der Waals surface area contributed by atoms with E-state index in [9.17, 15) is 0 Å². The molecule has 1 atom stereocenters. The van der Waals surface area contributed by atoms with E-state index in [0.29, 0.717) is 12.0 Å². The monoisotopic (exact) mass is 276 g/mol. The molecule has 2 aromatic heterocycles. The molecule has 0 radical (unpaired) electrons. The molecular weight excluding hydrogens is 260 g/mol. The van der Waals surface area contributed by atoms with Crippen LogP contribution in [0.4, 0.5) is 0 Å². The van der Waals surface area contributed by atoms with Crippen molar-refractivity contribution in [3.05, 3.63) is 24.8 Å². The van der Waals surface area contributed by atoms with Crippen molar-refractivity contribution in [1.29, 1.82) is 0 Å². The van der Waals surface area contributed by atoms with E-state index >= 15 is 0 Å². The van der Waals surface area contributed by atoms with E-state index in [-0.39, 0.29) is 0 Å². The van der Waals surface area contributed by atoms with Crippen LogP contribution >= 0.6 is 11.3 Å². The minimum absolute atomic E-state index is 0.325. The van der Waals surface area contributed by atoms with Crippen molar-refractivity contribution < 1.29 is 9.15 Å². The lowest BCUT2D eigenvalue weighted by molar-refractivity contribution is -0.00785. The van der Waals surface area contributed by atoms with E-state index in [0.717, 1.165) is 22.2 Å². The number of furan rings is 1. The predicted molar refractivity (Wildman–Crippen MR) is 73.4 cm³/mol. The second-order valence-electron chi connectivity index (χ2n) is 5.30. The number of fused-ring (bicyclic) bond motifs is 3. The van der Waals surface area contributed by atoms with Crippen LogP contribution in [-0.4, -0.2) is 35.6 Å². The zero-order valence-electron chi connectivity index (χ0n) is 10.6. The molecule has 0 amide bonds. The van der Waals surface area contributed by atoms with Gasteiger partial charge in [-0.25, -0.2) is 4.98 Å². The van der Waals surface area contributed by atoms with Crippen LogP contribution in [0.2, 0.25) is 0 Å². The fourth-order valence-corrected chi connectivity index (χ4v) is 3.83. The Morgan fingerprint density at radius 1 is 1.37 bits per heavy atom. The molecule has 0 aliphatic carbocycles. The van der Waals surface area contributed by atoms with Crippen molar-refractivity contribution in [2.75, 3.05) is 19.6 Å². The van der Waals surface area contributed by atoms with Gasteiger partial charge in [0.05, 0.1) is 17.4 Å². The molecule has 3 saturated heterocycles. The number of piperidine rings is 3. The van der Waals surface area contributed by atoms with E-state index in [1.165, 1.54) is 25.9 Å². The average Bonchev–Trinajstić information content (AvgIpc) is 3.10. The lowest BCUT2D eigenvalue weighted by Gasteiger charge is -2.43. The summed E-state index contributed by atoms with van der Waals surface area (Å²) in [4.78, 5) is 7.98. The summed E-state index contributed by atoms with van der Waals surface area (Å²) in [5, 5.41) is 0.787. The fraction of sp³-hybridized carbons (Fsp3) is 0.500. The zero-order chi connectivity index (χ0) is 12.7. The van der Waals surface area contributed by atoms with E-state index < -0.39 is 0 Å². The Kier molecular flexibility index (Phi) is 2.81. The Bertz CT molecular complexity index is 544. The lowest BCUT2D eigenvalue weighted by Crippen LogP contribution is -2.52. The summed E-state index contributed by atoms with van der Waals surface area (Å²) in [6.07, 6.45) is 8.15. The van der Waals surface area contributed by atoms with Crippen LogP contribution in [0.15, 0.2) is 29.2 Å².